The molecular formula is C48H90NO11P. The third-order valence-corrected chi connectivity index (χ3v) is 12.7. The van der Waals surface area contributed by atoms with Gasteiger partial charge in [-0.25, -0.2) is 0 Å². The van der Waals surface area contributed by atoms with Gasteiger partial charge >= 0.3 is 11.9 Å². The predicted molar refractivity (Wildman–Crippen MR) is 242 cm³/mol. The Hall–Kier alpha value is -1.66. The van der Waals surface area contributed by atoms with Gasteiger partial charge in [0.15, 0.2) is 6.10 Å². The Morgan fingerprint density at radius 2 is 1.23 bits per heavy atom. The summed E-state index contributed by atoms with van der Waals surface area (Å²) >= 11 is 0. The molecule has 1 unspecified atom stereocenters. The number of likely N-dealkylation sites (N-methyl/N-ethyl adjacent to an activating group) is 1. The number of hydrogen-bond donors (Lipinski definition) is 2. The van der Waals surface area contributed by atoms with Crippen molar-refractivity contribution in [1.29, 1.82) is 0 Å². The number of quaternary nitrogens is 1. The van der Waals surface area contributed by atoms with Gasteiger partial charge in [-0.2, -0.15) is 0 Å². The van der Waals surface area contributed by atoms with E-state index in [1.807, 2.05) is 21.1 Å². The van der Waals surface area contributed by atoms with Crippen molar-refractivity contribution in [3.05, 3.63) is 12.2 Å². The molecule has 0 spiro atoms. The van der Waals surface area contributed by atoms with Crippen LogP contribution in [0.5, 0.6) is 0 Å². The van der Waals surface area contributed by atoms with Crippen LogP contribution in [0.1, 0.15) is 200 Å². The fraction of sp³-hybridized carbons (Fsp3) is 0.896. The Bertz CT molecular complexity index is 1210. The lowest BCUT2D eigenvalue weighted by atomic mass is 9.88. The minimum Gasteiger partial charge on any atom is -0.756 e. The molecule has 1 aliphatic rings. The first kappa shape index (κ1) is 57.4. The lowest BCUT2D eigenvalue weighted by Crippen LogP contribution is -2.37. The Labute approximate surface area is 371 Å². The molecule has 0 aliphatic heterocycles. The first-order chi connectivity index (χ1) is 29.2. The summed E-state index contributed by atoms with van der Waals surface area (Å²) in [6.07, 6.45) is 29.9. The van der Waals surface area contributed by atoms with Crippen molar-refractivity contribution in [3.63, 3.8) is 0 Å². The molecule has 0 heterocycles. The molecule has 61 heavy (non-hydrogen) atoms. The smallest absolute Gasteiger partial charge is 0.306 e. The molecule has 0 radical (unpaired) electrons. The van der Waals surface area contributed by atoms with E-state index < -0.39 is 50.6 Å². The normalized spacial score (nSPS) is 19.0. The zero-order valence-electron chi connectivity index (χ0n) is 39.3. The molecule has 0 aromatic carbocycles. The summed E-state index contributed by atoms with van der Waals surface area (Å²) in [4.78, 5) is 50.4. The number of carbonyl (C=O) groups excluding carboxylic acids is 3. The molecule has 0 amide bonds. The number of rotatable bonds is 41. The second kappa shape index (κ2) is 35.7. The van der Waals surface area contributed by atoms with Gasteiger partial charge in [0.05, 0.1) is 40.0 Å². The number of Topliss-reactive ketones (excluding diaryl/α,β-unsaturated/α-hetero) is 1. The van der Waals surface area contributed by atoms with Crippen LogP contribution >= 0.6 is 7.82 Å². The van der Waals surface area contributed by atoms with E-state index in [9.17, 15) is 34.1 Å². The topological polar surface area (TPSA) is 169 Å². The van der Waals surface area contributed by atoms with E-state index in [0.29, 0.717) is 43.1 Å². The molecule has 0 bridgehead atoms. The van der Waals surface area contributed by atoms with E-state index in [1.54, 1.807) is 12.2 Å². The maximum absolute atomic E-state index is 12.8. The number of carbonyl (C=O) groups is 3. The van der Waals surface area contributed by atoms with Crippen molar-refractivity contribution in [2.45, 2.75) is 218 Å². The molecule has 358 valence electrons. The number of nitrogens with zero attached hydrogens (tertiary/aromatic N) is 1. The van der Waals surface area contributed by atoms with Crippen LogP contribution in [0.4, 0.5) is 0 Å². The zero-order chi connectivity index (χ0) is 45.2. The van der Waals surface area contributed by atoms with Crippen LogP contribution < -0.4 is 4.89 Å². The van der Waals surface area contributed by atoms with Crippen molar-refractivity contribution in [1.82, 2.24) is 0 Å². The van der Waals surface area contributed by atoms with Gasteiger partial charge in [0.2, 0.25) is 0 Å². The number of unbranched alkanes of at least 4 members (excludes halogenated alkanes) is 21. The van der Waals surface area contributed by atoms with Crippen LogP contribution in [0, 0.1) is 11.8 Å². The van der Waals surface area contributed by atoms with E-state index in [1.165, 1.54) is 83.5 Å². The Kier molecular flexibility index (Phi) is 33.5. The third kappa shape index (κ3) is 32.6. The molecule has 1 rings (SSSR count). The zero-order valence-corrected chi connectivity index (χ0v) is 40.2. The Balaban J connectivity index is 2.41. The van der Waals surface area contributed by atoms with Crippen LogP contribution in [0.15, 0.2) is 12.2 Å². The summed E-state index contributed by atoms with van der Waals surface area (Å²) in [5, 5.41) is 20.8. The average molecular weight is 888 g/mol. The third-order valence-electron chi connectivity index (χ3n) is 11.7. The first-order valence-electron chi connectivity index (χ1n) is 24.5. The maximum Gasteiger partial charge on any atom is 0.306 e. The number of aliphatic hydroxyl groups is 2. The largest absolute Gasteiger partial charge is 0.756 e. The molecule has 0 aromatic heterocycles. The highest BCUT2D eigenvalue weighted by molar-refractivity contribution is 7.45. The fourth-order valence-electron chi connectivity index (χ4n) is 7.80. The summed E-state index contributed by atoms with van der Waals surface area (Å²) in [6, 6.07) is 0. The van der Waals surface area contributed by atoms with E-state index in [4.69, 9.17) is 18.5 Å². The highest BCUT2D eigenvalue weighted by Gasteiger charge is 2.39. The number of aliphatic hydroxyl groups excluding tert-OH is 2. The molecule has 1 fully saturated rings. The number of ether oxygens (including phenoxy) is 2. The maximum atomic E-state index is 12.8. The molecule has 1 saturated carbocycles. The summed E-state index contributed by atoms with van der Waals surface area (Å²) in [6.45, 7) is 3.88. The van der Waals surface area contributed by atoms with E-state index in [0.717, 1.165) is 51.4 Å². The van der Waals surface area contributed by atoms with Gasteiger partial charge in [0.25, 0.3) is 7.82 Å². The summed E-state index contributed by atoms with van der Waals surface area (Å²) in [5.41, 5.74) is 0. The van der Waals surface area contributed by atoms with Crippen molar-refractivity contribution < 1.29 is 57.1 Å². The standard InChI is InChI=1S/C48H90NO11P/c1-6-8-10-11-12-13-14-15-16-17-18-19-20-21-22-23-28-32-47(53)57-39-42(40-59-61(55,56)58-37-36-49(3,4)5)60-48(54)33-29-25-24-27-31-43-44(46(52)38-45(43)51)35-34-41(50)30-26-9-7-2/h34-35,41-45,50-51H,6-33,36-40H2,1-5H3/b35-34+/t41-,42+,43+,44+,45-/m0/s1. The average Bonchev–Trinajstić information content (AvgIpc) is 3.47. The van der Waals surface area contributed by atoms with Gasteiger partial charge in [-0.05, 0) is 31.6 Å². The highest BCUT2D eigenvalue weighted by atomic mass is 31.2. The fourth-order valence-corrected chi connectivity index (χ4v) is 8.52. The molecule has 6 atom stereocenters. The first-order valence-corrected chi connectivity index (χ1v) is 26.0. The number of phosphoric acid groups is 1. The van der Waals surface area contributed by atoms with Gasteiger partial charge in [-0.1, -0.05) is 167 Å². The van der Waals surface area contributed by atoms with Gasteiger partial charge in [-0.3, -0.25) is 18.9 Å². The molecule has 2 N–H and O–H groups in total. The summed E-state index contributed by atoms with van der Waals surface area (Å²) < 4.78 is 34.0. The van der Waals surface area contributed by atoms with Crippen molar-refractivity contribution >= 4 is 25.5 Å². The minimum absolute atomic E-state index is 0.000858. The van der Waals surface area contributed by atoms with Gasteiger partial charge in [0.1, 0.15) is 25.5 Å². The number of ketones is 1. The lowest BCUT2D eigenvalue weighted by Gasteiger charge is -2.28. The van der Waals surface area contributed by atoms with Crippen LogP contribution in [-0.4, -0.2) is 98.2 Å². The van der Waals surface area contributed by atoms with E-state index in [2.05, 4.69) is 13.8 Å². The van der Waals surface area contributed by atoms with Gasteiger partial charge in [0, 0.05) is 25.2 Å². The van der Waals surface area contributed by atoms with Crippen LogP contribution in [0.2, 0.25) is 0 Å². The molecule has 1 aliphatic carbocycles. The van der Waals surface area contributed by atoms with Crippen molar-refractivity contribution in [2.75, 3.05) is 47.5 Å². The number of hydrogen-bond acceptors (Lipinski definition) is 11. The Morgan fingerprint density at radius 3 is 1.77 bits per heavy atom. The van der Waals surface area contributed by atoms with E-state index >= 15 is 0 Å². The quantitative estimate of drug-likeness (QED) is 0.0197. The summed E-state index contributed by atoms with van der Waals surface area (Å²) in [7, 11) is 1.03. The molecule has 12 nitrogen and oxygen atoms in total. The van der Waals surface area contributed by atoms with Crippen molar-refractivity contribution in [3.8, 4) is 0 Å². The molecule has 0 saturated heterocycles. The van der Waals surface area contributed by atoms with Crippen LogP contribution in [-0.2, 0) is 37.5 Å². The SMILES string of the molecule is CCCCCCCCCCCCCCCCCCCC(=O)OC[C@H](COP(=O)([O-])OCC[N+](C)(C)C)OC(=O)CCCCCC[C@H]1[C@@H](O)CC(=O)[C@@H]1/C=C/[C@@H](O)CCCCC. The molecule has 0 aromatic rings. The van der Waals surface area contributed by atoms with Gasteiger partial charge in [-0.15, -0.1) is 0 Å². The molecule has 13 heteroatoms. The second-order valence-corrected chi connectivity index (χ2v) is 20.0. The van der Waals surface area contributed by atoms with E-state index in [-0.39, 0.29) is 44.2 Å². The van der Waals surface area contributed by atoms with Crippen molar-refractivity contribution in [2.24, 2.45) is 11.8 Å². The highest BCUT2D eigenvalue weighted by Crippen LogP contribution is 2.38. The number of phosphoric ester groups is 1. The number of allylic oxidation sites excluding steroid dienone is 1. The predicted octanol–water partition coefficient (Wildman–Crippen LogP) is 10.1. The number of esters is 2. The lowest BCUT2D eigenvalue weighted by molar-refractivity contribution is -0.870. The second-order valence-electron chi connectivity index (χ2n) is 18.6. The summed E-state index contributed by atoms with van der Waals surface area (Å²) in [5.74, 6) is -1.57. The minimum atomic E-state index is -4.69. The monoisotopic (exact) mass is 888 g/mol. The Morgan fingerprint density at radius 1 is 0.738 bits per heavy atom. The van der Waals surface area contributed by atoms with Crippen LogP contribution in [0.3, 0.4) is 0 Å². The molecular weight excluding hydrogens is 797 g/mol. The van der Waals surface area contributed by atoms with Crippen LogP contribution in [0.25, 0.3) is 0 Å². The van der Waals surface area contributed by atoms with Gasteiger partial charge < -0.3 is 38.1 Å².